The van der Waals surface area contributed by atoms with Crippen molar-refractivity contribution in [2.24, 2.45) is 0 Å². The number of hydrogen-bond acceptors (Lipinski definition) is 10. The van der Waals surface area contributed by atoms with Crippen molar-refractivity contribution in [2.45, 2.75) is 12.3 Å². The summed E-state index contributed by atoms with van der Waals surface area (Å²) in [6, 6.07) is 1.19. The maximum absolute atomic E-state index is 13.6. The number of aliphatic hydroxyl groups is 1. The number of nitrogens with two attached hydrogens (primary N) is 1. The highest BCUT2D eigenvalue weighted by Gasteiger charge is 2.39. The summed E-state index contributed by atoms with van der Waals surface area (Å²) < 4.78 is 51.2. The molecule has 11 nitrogen and oxygen atoms in total. The lowest BCUT2D eigenvalue weighted by atomic mass is 10.1. The van der Waals surface area contributed by atoms with Gasteiger partial charge in [-0.3, -0.25) is 4.90 Å². The molecule has 2 aromatic heterocycles. The van der Waals surface area contributed by atoms with Gasteiger partial charge in [0.2, 0.25) is 11.9 Å². The van der Waals surface area contributed by atoms with Gasteiger partial charge in [-0.15, -0.1) is 0 Å². The second-order valence-electron chi connectivity index (χ2n) is 6.97. The third-order valence-electron chi connectivity index (χ3n) is 4.81. The third-order valence-corrected chi connectivity index (χ3v) is 4.81. The van der Waals surface area contributed by atoms with Crippen molar-refractivity contribution in [2.75, 3.05) is 48.4 Å². The predicted octanol–water partition coefficient (Wildman–Crippen LogP) is 1.77. The van der Waals surface area contributed by atoms with Gasteiger partial charge in [-0.25, -0.2) is 19.7 Å². The second kappa shape index (κ2) is 8.11. The van der Waals surface area contributed by atoms with Gasteiger partial charge in [-0.05, 0) is 0 Å². The number of rotatable bonds is 4. The second-order valence-corrected chi connectivity index (χ2v) is 6.97. The number of aliphatic hydroxyl groups excluding tert-OH is 1. The smallest absolute Gasteiger partial charge is 0.434 e. The van der Waals surface area contributed by atoms with E-state index in [1.54, 1.807) is 4.90 Å². The van der Waals surface area contributed by atoms with E-state index in [-0.39, 0.29) is 29.8 Å². The summed E-state index contributed by atoms with van der Waals surface area (Å²) in [5, 5.41) is 9.57. The molecule has 170 valence electrons. The van der Waals surface area contributed by atoms with E-state index in [1.807, 2.05) is 0 Å². The van der Waals surface area contributed by atoms with Crippen LogP contribution < -0.4 is 15.5 Å². The summed E-state index contributed by atoms with van der Waals surface area (Å²) in [4.78, 5) is 30.8. The molecule has 0 radical (unpaired) electrons. The van der Waals surface area contributed by atoms with Gasteiger partial charge in [-0.1, -0.05) is 6.58 Å². The minimum absolute atomic E-state index is 0.0183. The van der Waals surface area contributed by atoms with Crippen LogP contribution in [0.5, 0.6) is 0 Å². The highest BCUT2D eigenvalue weighted by molar-refractivity contribution is 5.90. The molecule has 4 rings (SSSR count). The Labute approximate surface area is 179 Å². The third kappa shape index (κ3) is 4.21. The molecule has 14 heteroatoms. The summed E-state index contributed by atoms with van der Waals surface area (Å²) in [5.74, 6) is -0.842. The molecule has 0 spiro atoms. The Kier molecular flexibility index (Phi) is 5.46. The van der Waals surface area contributed by atoms with Crippen LogP contribution in [0.1, 0.15) is 5.69 Å². The van der Waals surface area contributed by atoms with Crippen molar-refractivity contribution < 1.29 is 32.5 Å². The van der Waals surface area contributed by atoms with Crippen LogP contribution in [-0.4, -0.2) is 70.1 Å². The number of nitrogen functional groups attached to an aromatic ring is 1. The van der Waals surface area contributed by atoms with Crippen molar-refractivity contribution in [3.05, 3.63) is 30.3 Å². The number of carbonyl (C=O) groups excluding carboxylic acids is 1. The number of carbonyl (C=O) groups is 1. The molecule has 2 aliphatic heterocycles. The lowest BCUT2D eigenvalue weighted by Gasteiger charge is -2.28. The van der Waals surface area contributed by atoms with E-state index in [0.717, 1.165) is 11.1 Å². The van der Waals surface area contributed by atoms with Crippen LogP contribution in [0.2, 0.25) is 0 Å². The maximum atomic E-state index is 13.6. The number of aromatic nitrogens is 4. The van der Waals surface area contributed by atoms with Crippen LogP contribution >= 0.6 is 0 Å². The van der Waals surface area contributed by atoms with E-state index in [4.69, 9.17) is 15.2 Å². The first-order chi connectivity index (χ1) is 15.1. The monoisotopic (exact) mass is 453 g/mol. The number of cyclic esters (lactones) is 1. The SMILES string of the molecule is C=C(O)[C@H]1CN(c2cc(-c3cnc(N)nc3C(F)(F)F)nc(N3CCOCC3)n2)C(=O)O1. The van der Waals surface area contributed by atoms with Crippen LogP contribution in [0.4, 0.5) is 35.7 Å². The molecule has 2 saturated heterocycles. The number of hydrogen-bond donors (Lipinski definition) is 2. The molecule has 2 aromatic rings. The van der Waals surface area contributed by atoms with E-state index in [1.165, 1.54) is 6.07 Å². The summed E-state index contributed by atoms with van der Waals surface area (Å²) in [6.45, 7) is 4.76. The Balaban J connectivity index is 1.84. The molecule has 0 bridgehead atoms. The van der Waals surface area contributed by atoms with E-state index in [9.17, 15) is 23.1 Å². The fourth-order valence-corrected chi connectivity index (χ4v) is 3.23. The summed E-state index contributed by atoms with van der Waals surface area (Å²) in [6.07, 6.45) is -5.75. The van der Waals surface area contributed by atoms with E-state index >= 15 is 0 Å². The molecular formula is C18H18F3N7O4. The number of nitrogens with zero attached hydrogens (tertiary/aromatic N) is 6. The molecule has 4 heterocycles. The average molecular weight is 453 g/mol. The maximum Gasteiger partial charge on any atom is 0.434 e. The van der Waals surface area contributed by atoms with Crippen LogP contribution in [0.25, 0.3) is 11.3 Å². The first-order valence-electron chi connectivity index (χ1n) is 9.41. The number of anilines is 3. The molecule has 0 aromatic carbocycles. The average Bonchev–Trinajstić information content (AvgIpc) is 3.15. The van der Waals surface area contributed by atoms with Crippen molar-refractivity contribution in [1.29, 1.82) is 0 Å². The first kappa shape index (κ1) is 21.5. The minimum Gasteiger partial charge on any atom is -0.509 e. The van der Waals surface area contributed by atoms with E-state index < -0.39 is 35.6 Å². The van der Waals surface area contributed by atoms with Crippen LogP contribution in [0.3, 0.4) is 0 Å². The molecule has 1 atom stereocenters. The number of ether oxygens (including phenoxy) is 2. The quantitative estimate of drug-likeness (QED) is 0.658. The molecule has 2 fully saturated rings. The van der Waals surface area contributed by atoms with E-state index in [0.29, 0.717) is 26.3 Å². The fourth-order valence-electron chi connectivity index (χ4n) is 3.23. The summed E-state index contributed by atoms with van der Waals surface area (Å²) in [5.41, 5.74) is 3.50. The zero-order valence-electron chi connectivity index (χ0n) is 16.5. The zero-order chi connectivity index (χ0) is 23.0. The number of amides is 1. The summed E-state index contributed by atoms with van der Waals surface area (Å²) >= 11 is 0. The van der Waals surface area contributed by atoms with Gasteiger partial charge in [-0.2, -0.15) is 18.2 Å². The Bertz CT molecular complexity index is 1060. The first-order valence-corrected chi connectivity index (χ1v) is 9.41. The Morgan fingerprint density at radius 2 is 1.97 bits per heavy atom. The Morgan fingerprint density at radius 3 is 2.59 bits per heavy atom. The summed E-state index contributed by atoms with van der Waals surface area (Å²) in [7, 11) is 0. The molecular weight excluding hydrogens is 435 g/mol. The normalized spacial score (nSPS) is 19.2. The van der Waals surface area contributed by atoms with Gasteiger partial charge in [0.05, 0.1) is 25.5 Å². The van der Waals surface area contributed by atoms with Crippen molar-refractivity contribution in [3.8, 4) is 11.3 Å². The lowest BCUT2D eigenvalue weighted by Crippen LogP contribution is -2.38. The van der Waals surface area contributed by atoms with Gasteiger partial charge in [0.25, 0.3) is 0 Å². The topological polar surface area (TPSA) is 140 Å². The highest BCUT2D eigenvalue weighted by atomic mass is 19.4. The molecule has 32 heavy (non-hydrogen) atoms. The van der Waals surface area contributed by atoms with Gasteiger partial charge < -0.3 is 25.2 Å². The van der Waals surface area contributed by atoms with Crippen molar-refractivity contribution >= 4 is 23.8 Å². The van der Waals surface area contributed by atoms with Gasteiger partial charge in [0, 0.05) is 30.9 Å². The Hall–Kier alpha value is -3.68. The van der Waals surface area contributed by atoms with Crippen LogP contribution in [0.15, 0.2) is 24.6 Å². The molecule has 0 saturated carbocycles. The van der Waals surface area contributed by atoms with Crippen molar-refractivity contribution in [3.63, 3.8) is 0 Å². The number of alkyl halides is 3. The molecule has 2 aliphatic rings. The molecule has 1 amide bonds. The molecule has 3 N–H and O–H groups in total. The van der Waals surface area contributed by atoms with Gasteiger partial charge in [0.1, 0.15) is 11.6 Å². The number of halogens is 3. The lowest BCUT2D eigenvalue weighted by molar-refractivity contribution is -0.140. The van der Waals surface area contributed by atoms with Gasteiger partial charge >= 0.3 is 12.3 Å². The largest absolute Gasteiger partial charge is 0.509 e. The predicted molar refractivity (Wildman–Crippen MR) is 105 cm³/mol. The van der Waals surface area contributed by atoms with Crippen LogP contribution in [-0.2, 0) is 15.7 Å². The standard InChI is InChI=1S/C18H18F3N7O4/c1-9(29)12-8-28(17(30)32-12)13-6-11(24-16(25-13)27-2-4-31-5-3-27)10-7-23-15(22)26-14(10)18(19,20)21/h6-7,12,29H,1-5,8H2,(H2,22,23,26)/t12-/m1/s1. The molecule has 0 unspecified atom stereocenters. The van der Waals surface area contributed by atoms with Gasteiger partial charge in [0.15, 0.2) is 11.8 Å². The fraction of sp³-hybridized carbons (Fsp3) is 0.389. The zero-order valence-corrected chi connectivity index (χ0v) is 16.5. The van der Waals surface area contributed by atoms with E-state index in [2.05, 4.69) is 26.5 Å². The number of morpholine rings is 1. The highest BCUT2D eigenvalue weighted by Crippen LogP contribution is 2.37. The minimum atomic E-state index is -4.83. The molecule has 0 aliphatic carbocycles. The Morgan fingerprint density at radius 1 is 1.25 bits per heavy atom. The van der Waals surface area contributed by atoms with Crippen molar-refractivity contribution in [1.82, 2.24) is 19.9 Å². The van der Waals surface area contributed by atoms with Crippen LogP contribution in [0, 0.1) is 0 Å².